The third kappa shape index (κ3) is 7.28. The number of rotatable bonds is 6. The minimum absolute atomic E-state index is 0.0835. The van der Waals surface area contributed by atoms with Crippen LogP contribution < -0.4 is 0 Å². The minimum Gasteiger partial charge on any atom is -0.494 e. The summed E-state index contributed by atoms with van der Waals surface area (Å²) < 4.78 is 17.6. The zero-order valence-electron chi connectivity index (χ0n) is 7.79. The second kappa shape index (κ2) is 7.55. The van der Waals surface area contributed by atoms with Gasteiger partial charge < -0.3 is 9.84 Å². The molecular weight excluding hydrogens is 171 g/mol. The second-order valence-electron chi connectivity index (χ2n) is 2.40. The molecule has 0 atom stereocenters. The van der Waals surface area contributed by atoms with E-state index in [4.69, 9.17) is 9.84 Å². The van der Waals surface area contributed by atoms with Crippen molar-refractivity contribution in [3.8, 4) is 0 Å². The van der Waals surface area contributed by atoms with Crippen molar-refractivity contribution in [1.29, 1.82) is 0 Å². The van der Waals surface area contributed by atoms with E-state index in [1.165, 1.54) is 18.2 Å². The van der Waals surface area contributed by atoms with Gasteiger partial charge in [-0.25, -0.2) is 4.39 Å². The van der Waals surface area contributed by atoms with Crippen LogP contribution in [0.4, 0.5) is 4.39 Å². The molecule has 0 bridgehead atoms. The fourth-order valence-electron chi connectivity index (χ4n) is 0.585. The van der Waals surface area contributed by atoms with Gasteiger partial charge in [-0.2, -0.15) is 0 Å². The zero-order valence-corrected chi connectivity index (χ0v) is 7.79. The molecule has 2 nitrogen and oxygen atoms in total. The summed E-state index contributed by atoms with van der Waals surface area (Å²) in [5.41, 5.74) is 0. The molecule has 0 aromatic heterocycles. The maximum Gasteiger partial charge on any atom is 0.119 e. The van der Waals surface area contributed by atoms with E-state index in [0.29, 0.717) is 18.8 Å². The van der Waals surface area contributed by atoms with Gasteiger partial charge in [-0.1, -0.05) is 12.7 Å². The summed E-state index contributed by atoms with van der Waals surface area (Å²) in [6, 6.07) is 0. The maximum absolute atomic E-state index is 12.5. The summed E-state index contributed by atoms with van der Waals surface area (Å²) in [7, 11) is 0. The monoisotopic (exact) mass is 186 g/mol. The molecule has 0 aromatic rings. The Morgan fingerprint density at radius 1 is 1.54 bits per heavy atom. The van der Waals surface area contributed by atoms with E-state index in [0.717, 1.165) is 0 Å². The van der Waals surface area contributed by atoms with Crippen LogP contribution in [-0.2, 0) is 4.74 Å². The summed E-state index contributed by atoms with van der Waals surface area (Å²) in [5, 5.41) is 8.44. The Morgan fingerprint density at radius 2 is 2.23 bits per heavy atom. The maximum atomic E-state index is 12.5. The smallest absolute Gasteiger partial charge is 0.119 e. The molecular formula is C10H15FO2. The van der Waals surface area contributed by atoms with Crippen molar-refractivity contribution < 1.29 is 14.2 Å². The Bertz CT molecular complexity index is 207. The number of aliphatic hydroxyl groups is 1. The first-order chi connectivity index (χ1) is 6.20. The summed E-state index contributed by atoms with van der Waals surface area (Å²) >= 11 is 0. The molecule has 0 aliphatic carbocycles. The molecule has 0 aliphatic heterocycles. The fourth-order valence-corrected chi connectivity index (χ4v) is 0.585. The van der Waals surface area contributed by atoms with Crippen molar-refractivity contribution in [3.63, 3.8) is 0 Å². The van der Waals surface area contributed by atoms with E-state index in [1.54, 1.807) is 6.92 Å². The molecule has 0 unspecified atom stereocenters. The Balaban J connectivity index is 3.68. The number of allylic oxidation sites excluding steroid dienone is 4. The molecule has 0 saturated carbocycles. The molecule has 0 saturated heterocycles. The topological polar surface area (TPSA) is 29.5 Å². The van der Waals surface area contributed by atoms with Crippen LogP contribution in [0.25, 0.3) is 0 Å². The molecule has 74 valence electrons. The van der Waals surface area contributed by atoms with Gasteiger partial charge in [0.05, 0.1) is 6.61 Å². The Labute approximate surface area is 78.0 Å². The van der Waals surface area contributed by atoms with Gasteiger partial charge in [0.2, 0.25) is 0 Å². The van der Waals surface area contributed by atoms with Gasteiger partial charge in [-0.05, 0) is 19.1 Å². The lowest BCUT2D eigenvalue weighted by Gasteiger charge is -2.02. The highest BCUT2D eigenvalue weighted by molar-refractivity contribution is 5.18. The Kier molecular flexibility index (Phi) is 6.92. The van der Waals surface area contributed by atoms with Crippen LogP contribution >= 0.6 is 0 Å². The predicted octanol–water partition coefficient (Wildman–Crippen LogP) is 2.33. The van der Waals surface area contributed by atoms with Gasteiger partial charge in [0.15, 0.2) is 0 Å². The summed E-state index contributed by atoms with van der Waals surface area (Å²) in [5.74, 6) is 0.0670. The van der Waals surface area contributed by atoms with Gasteiger partial charge in [0.1, 0.15) is 11.6 Å². The van der Waals surface area contributed by atoms with Crippen LogP contribution in [0.3, 0.4) is 0 Å². The van der Waals surface area contributed by atoms with Crippen molar-refractivity contribution >= 4 is 0 Å². The van der Waals surface area contributed by atoms with Crippen molar-refractivity contribution in [2.24, 2.45) is 0 Å². The fraction of sp³-hybridized carbons (Fsp3) is 0.400. The first kappa shape index (κ1) is 11.9. The van der Waals surface area contributed by atoms with Crippen molar-refractivity contribution in [3.05, 3.63) is 36.4 Å². The van der Waals surface area contributed by atoms with Gasteiger partial charge in [0, 0.05) is 13.0 Å². The highest BCUT2D eigenvalue weighted by atomic mass is 19.1. The number of aliphatic hydroxyl groups excluding tert-OH is 1. The van der Waals surface area contributed by atoms with E-state index in [-0.39, 0.29) is 12.4 Å². The van der Waals surface area contributed by atoms with E-state index < -0.39 is 0 Å². The SMILES string of the molecule is C=C(/C=C\C(F)=C/C)OCCCO. The lowest BCUT2D eigenvalue weighted by molar-refractivity contribution is 0.185. The normalized spacial score (nSPS) is 12.1. The summed E-state index contributed by atoms with van der Waals surface area (Å²) in [4.78, 5) is 0. The summed E-state index contributed by atoms with van der Waals surface area (Å²) in [6.45, 7) is 5.64. The first-order valence-electron chi connectivity index (χ1n) is 4.13. The molecule has 3 heteroatoms. The van der Waals surface area contributed by atoms with Crippen molar-refractivity contribution in [2.45, 2.75) is 13.3 Å². The third-order valence-electron chi connectivity index (χ3n) is 1.29. The first-order valence-corrected chi connectivity index (χ1v) is 4.13. The predicted molar refractivity (Wildman–Crippen MR) is 50.8 cm³/mol. The molecule has 0 fully saturated rings. The molecule has 0 amide bonds. The Morgan fingerprint density at radius 3 is 2.77 bits per heavy atom. The van der Waals surface area contributed by atoms with Crippen LogP contribution in [0.1, 0.15) is 13.3 Å². The molecule has 0 aromatic carbocycles. The third-order valence-corrected chi connectivity index (χ3v) is 1.29. The van der Waals surface area contributed by atoms with E-state index in [9.17, 15) is 4.39 Å². The quantitative estimate of drug-likeness (QED) is 0.392. The van der Waals surface area contributed by atoms with Crippen molar-refractivity contribution in [1.82, 2.24) is 0 Å². The number of halogens is 1. The largest absolute Gasteiger partial charge is 0.494 e. The zero-order chi connectivity index (χ0) is 10.1. The van der Waals surface area contributed by atoms with Gasteiger partial charge in [0.25, 0.3) is 0 Å². The average molecular weight is 186 g/mol. The highest BCUT2D eigenvalue weighted by Gasteiger charge is 1.90. The standard InChI is InChI=1S/C10H15FO2/c1-3-10(11)6-5-9(2)13-8-4-7-12/h3,5-6,12H,2,4,7-8H2,1H3/b6-5-,10-3+. The number of ether oxygens (including phenoxy) is 1. The van der Waals surface area contributed by atoms with E-state index in [2.05, 4.69) is 6.58 Å². The molecule has 0 spiro atoms. The molecule has 0 radical (unpaired) electrons. The lowest BCUT2D eigenvalue weighted by Crippen LogP contribution is -1.94. The number of hydrogen-bond acceptors (Lipinski definition) is 2. The molecule has 0 rings (SSSR count). The Hall–Kier alpha value is -1.09. The molecule has 13 heavy (non-hydrogen) atoms. The van der Waals surface area contributed by atoms with Crippen LogP contribution in [-0.4, -0.2) is 18.3 Å². The highest BCUT2D eigenvalue weighted by Crippen LogP contribution is 2.02. The van der Waals surface area contributed by atoms with Gasteiger partial charge in [-0.3, -0.25) is 0 Å². The molecule has 0 heterocycles. The minimum atomic E-state index is -0.327. The second-order valence-corrected chi connectivity index (χ2v) is 2.40. The van der Waals surface area contributed by atoms with E-state index >= 15 is 0 Å². The van der Waals surface area contributed by atoms with Gasteiger partial charge in [-0.15, -0.1) is 0 Å². The number of hydrogen-bond donors (Lipinski definition) is 1. The average Bonchev–Trinajstić information content (AvgIpc) is 2.14. The van der Waals surface area contributed by atoms with Crippen molar-refractivity contribution in [2.75, 3.05) is 13.2 Å². The van der Waals surface area contributed by atoms with Gasteiger partial charge >= 0.3 is 0 Å². The molecule has 1 N–H and O–H groups in total. The van der Waals surface area contributed by atoms with Crippen LogP contribution in [0, 0.1) is 0 Å². The van der Waals surface area contributed by atoms with Crippen LogP contribution in [0.15, 0.2) is 36.4 Å². The lowest BCUT2D eigenvalue weighted by atomic mass is 10.4. The molecule has 0 aliphatic rings. The van der Waals surface area contributed by atoms with Crippen LogP contribution in [0.2, 0.25) is 0 Å². The van der Waals surface area contributed by atoms with E-state index in [1.807, 2.05) is 0 Å². The van der Waals surface area contributed by atoms with Crippen LogP contribution in [0.5, 0.6) is 0 Å². The summed E-state index contributed by atoms with van der Waals surface area (Å²) in [6.07, 6.45) is 4.63.